The lowest BCUT2D eigenvalue weighted by Crippen LogP contribution is -2.40. The van der Waals surface area contributed by atoms with E-state index in [2.05, 4.69) is 46.4 Å². The highest BCUT2D eigenvalue weighted by Gasteiger charge is 2.22. The molecule has 0 aliphatic carbocycles. The molecule has 0 saturated carbocycles. The van der Waals surface area contributed by atoms with Crippen LogP contribution in [0.5, 0.6) is 5.75 Å². The smallest absolute Gasteiger partial charge is 0.193 e. The third kappa shape index (κ3) is 5.47. The summed E-state index contributed by atoms with van der Waals surface area (Å²) in [6, 6.07) is 16.6. The number of nitrogens with zero attached hydrogens (tertiary/aromatic N) is 2. The summed E-state index contributed by atoms with van der Waals surface area (Å²) >= 11 is 0. The fraction of sp³-hybridized carbons (Fsp3) is 0.409. The number of hydrogen-bond donors (Lipinski definition) is 2. The number of anilines is 1. The van der Waals surface area contributed by atoms with E-state index in [4.69, 9.17) is 15.2 Å². The number of hydrogen-bond acceptors (Lipinski definition) is 4. The van der Waals surface area contributed by atoms with Crippen molar-refractivity contribution in [3.63, 3.8) is 0 Å². The van der Waals surface area contributed by atoms with Crippen LogP contribution in [0.15, 0.2) is 53.5 Å². The predicted octanol–water partition coefficient (Wildman–Crippen LogP) is 3.06. The number of aliphatic imine (C=N–C) groups is 1. The van der Waals surface area contributed by atoms with Gasteiger partial charge in [0.2, 0.25) is 0 Å². The SMILES string of the molecule is CCc1ccc(NC(N)=NCC(c2ccc(OC)cc2)N2CCOCC2)cc1. The molecule has 1 heterocycles. The molecule has 6 heteroatoms. The maximum atomic E-state index is 6.15. The number of methoxy groups -OCH3 is 1. The molecule has 0 amide bonds. The van der Waals surface area contributed by atoms with Gasteiger partial charge in [0.25, 0.3) is 0 Å². The zero-order valence-electron chi connectivity index (χ0n) is 16.7. The van der Waals surface area contributed by atoms with E-state index in [0.717, 1.165) is 44.2 Å². The first-order chi connectivity index (χ1) is 13.7. The second kappa shape index (κ2) is 10.1. The van der Waals surface area contributed by atoms with Crippen LogP contribution in [0, 0.1) is 0 Å². The first-order valence-electron chi connectivity index (χ1n) is 9.81. The number of benzene rings is 2. The minimum atomic E-state index is 0.151. The lowest BCUT2D eigenvalue weighted by atomic mass is 10.0. The predicted molar refractivity (Wildman–Crippen MR) is 114 cm³/mol. The Morgan fingerprint density at radius 1 is 1.14 bits per heavy atom. The number of nitrogens with one attached hydrogen (secondary N) is 1. The van der Waals surface area contributed by atoms with Crippen LogP contribution >= 0.6 is 0 Å². The largest absolute Gasteiger partial charge is 0.497 e. The van der Waals surface area contributed by atoms with Gasteiger partial charge in [-0.25, -0.2) is 0 Å². The zero-order valence-corrected chi connectivity index (χ0v) is 16.7. The molecule has 1 atom stereocenters. The minimum absolute atomic E-state index is 0.151. The molecule has 0 radical (unpaired) electrons. The molecule has 0 aromatic heterocycles. The van der Waals surface area contributed by atoms with Crippen molar-refractivity contribution < 1.29 is 9.47 Å². The van der Waals surface area contributed by atoms with Crippen LogP contribution in [0.2, 0.25) is 0 Å². The number of rotatable bonds is 7. The summed E-state index contributed by atoms with van der Waals surface area (Å²) < 4.78 is 10.8. The highest BCUT2D eigenvalue weighted by molar-refractivity contribution is 5.92. The molecular formula is C22H30N4O2. The zero-order chi connectivity index (χ0) is 19.8. The number of aryl methyl sites for hydroxylation is 1. The van der Waals surface area contributed by atoms with Crippen LogP contribution in [-0.4, -0.2) is 50.8 Å². The summed E-state index contributed by atoms with van der Waals surface area (Å²) in [5.41, 5.74) is 9.60. The van der Waals surface area contributed by atoms with Crippen molar-refractivity contribution in [2.45, 2.75) is 19.4 Å². The Balaban J connectivity index is 1.70. The number of morpholine rings is 1. The summed E-state index contributed by atoms with van der Waals surface area (Å²) in [4.78, 5) is 7.03. The summed E-state index contributed by atoms with van der Waals surface area (Å²) in [7, 11) is 1.68. The molecular weight excluding hydrogens is 352 g/mol. The Morgan fingerprint density at radius 3 is 2.43 bits per heavy atom. The van der Waals surface area contributed by atoms with Crippen LogP contribution < -0.4 is 15.8 Å². The molecule has 1 fully saturated rings. The van der Waals surface area contributed by atoms with Gasteiger partial charge >= 0.3 is 0 Å². The lowest BCUT2D eigenvalue weighted by Gasteiger charge is -2.34. The van der Waals surface area contributed by atoms with Crippen LogP contribution in [0.3, 0.4) is 0 Å². The molecule has 1 unspecified atom stereocenters. The average Bonchev–Trinajstić information content (AvgIpc) is 2.75. The van der Waals surface area contributed by atoms with Gasteiger partial charge in [-0.05, 0) is 41.8 Å². The number of guanidine groups is 1. The number of nitrogens with two attached hydrogens (primary N) is 1. The molecule has 1 saturated heterocycles. The molecule has 6 nitrogen and oxygen atoms in total. The van der Waals surface area contributed by atoms with Gasteiger partial charge in [-0.3, -0.25) is 9.89 Å². The molecule has 3 N–H and O–H groups in total. The standard InChI is InChI=1S/C22H30N4O2/c1-3-17-4-8-19(9-5-17)25-22(23)24-16-21(26-12-14-28-15-13-26)18-6-10-20(27-2)11-7-18/h4-11,21H,3,12-16H2,1-2H3,(H3,23,24,25). The molecule has 0 bridgehead atoms. The second-order valence-corrected chi connectivity index (χ2v) is 6.84. The van der Waals surface area contributed by atoms with Crippen LogP contribution in [-0.2, 0) is 11.2 Å². The van der Waals surface area contributed by atoms with E-state index in [0.29, 0.717) is 12.5 Å². The van der Waals surface area contributed by atoms with Gasteiger partial charge in [0.15, 0.2) is 5.96 Å². The van der Waals surface area contributed by atoms with Gasteiger partial charge in [-0.15, -0.1) is 0 Å². The molecule has 28 heavy (non-hydrogen) atoms. The maximum Gasteiger partial charge on any atom is 0.193 e. The summed E-state index contributed by atoms with van der Waals surface area (Å²) in [5, 5.41) is 3.19. The molecule has 150 valence electrons. The van der Waals surface area contributed by atoms with E-state index < -0.39 is 0 Å². The first kappa shape index (κ1) is 20.2. The van der Waals surface area contributed by atoms with Crippen LogP contribution in [0.25, 0.3) is 0 Å². The Labute approximate surface area is 167 Å². The van der Waals surface area contributed by atoms with Crippen molar-refractivity contribution in [3.05, 3.63) is 59.7 Å². The van der Waals surface area contributed by atoms with Crippen molar-refractivity contribution >= 4 is 11.6 Å². The molecule has 1 aliphatic rings. The molecule has 2 aromatic carbocycles. The Morgan fingerprint density at radius 2 is 1.82 bits per heavy atom. The quantitative estimate of drug-likeness (QED) is 0.569. The van der Waals surface area contributed by atoms with E-state index in [1.54, 1.807) is 7.11 Å². The molecule has 1 aliphatic heterocycles. The molecule has 2 aromatic rings. The Kier molecular flexibility index (Phi) is 7.28. The van der Waals surface area contributed by atoms with Crippen molar-refractivity contribution in [1.29, 1.82) is 0 Å². The van der Waals surface area contributed by atoms with Crippen LogP contribution in [0.4, 0.5) is 5.69 Å². The first-order valence-corrected chi connectivity index (χ1v) is 9.81. The second-order valence-electron chi connectivity index (χ2n) is 6.84. The molecule has 3 rings (SSSR count). The van der Waals surface area contributed by atoms with Gasteiger partial charge in [0.1, 0.15) is 5.75 Å². The fourth-order valence-electron chi connectivity index (χ4n) is 3.34. The van der Waals surface area contributed by atoms with Gasteiger partial charge in [0.05, 0.1) is 32.9 Å². The van der Waals surface area contributed by atoms with E-state index >= 15 is 0 Å². The Bertz CT molecular complexity index is 753. The highest BCUT2D eigenvalue weighted by atomic mass is 16.5. The van der Waals surface area contributed by atoms with Crippen molar-refractivity contribution in [1.82, 2.24) is 4.90 Å². The normalized spacial score (nSPS) is 16.6. The fourth-order valence-corrected chi connectivity index (χ4v) is 3.34. The van der Waals surface area contributed by atoms with Gasteiger partial charge in [-0.2, -0.15) is 0 Å². The topological polar surface area (TPSA) is 72.1 Å². The van der Waals surface area contributed by atoms with Crippen molar-refractivity contribution in [2.24, 2.45) is 10.7 Å². The van der Waals surface area contributed by atoms with Gasteiger partial charge < -0.3 is 20.5 Å². The third-order valence-electron chi connectivity index (χ3n) is 5.06. The summed E-state index contributed by atoms with van der Waals surface area (Å²) in [5.74, 6) is 1.28. The van der Waals surface area contributed by atoms with Crippen molar-refractivity contribution in [3.8, 4) is 5.75 Å². The summed E-state index contributed by atoms with van der Waals surface area (Å²) in [6.45, 7) is 5.99. The van der Waals surface area contributed by atoms with E-state index in [-0.39, 0.29) is 6.04 Å². The molecule has 0 spiro atoms. The van der Waals surface area contributed by atoms with Gasteiger partial charge in [-0.1, -0.05) is 31.2 Å². The monoisotopic (exact) mass is 382 g/mol. The minimum Gasteiger partial charge on any atom is -0.497 e. The van der Waals surface area contributed by atoms with Crippen LogP contribution in [0.1, 0.15) is 24.1 Å². The average molecular weight is 383 g/mol. The highest BCUT2D eigenvalue weighted by Crippen LogP contribution is 2.24. The third-order valence-corrected chi connectivity index (χ3v) is 5.06. The lowest BCUT2D eigenvalue weighted by molar-refractivity contribution is 0.0180. The van der Waals surface area contributed by atoms with E-state index in [1.807, 2.05) is 24.3 Å². The summed E-state index contributed by atoms with van der Waals surface area (Å²) in [6.07, 6.45) is 1.02. The Hall–Kier alpha value is -2.57. The van der Waals surface area contributed by atoms with Gasteiger partial charge in [0, 0.05) is 18.8 Å². The maximum absolute atomic E-state index is 6.15. The van der Waals surface area contributed by atoms with Crippen molar-refractivity contribution in [2.75, 3.05) is 45.3 Å². The number of ether oxygens (including phenoxy) is 2. The van der Waals surface area contributed by atoms with E-state index in [9.17, 15) is 0 Å². The van der Waals surface area contributed by atoms with E-state index in [1.165, 1.54) is 11.1 Å².